The Bertz CT molecular complexity index is 754. The summed E-state index contributed by atoms with van der Waals surface area (Å²) >= 11 is 6.54. The van der Waals surface area contributed by atoms with E-state index < -0.39 is 6.04 Å². The Hall–Kier alpha value is -1.47. The molecule has 7 heteroatoms. The summed E-state index contributed by atoms with van der Waals surface area (Å²) in [5.74, 6) is -0.153. The number of fused-ring (bicyclic) bond motifs is 1. The molecule has 5 nitrogen and oxygen atoms in total. The number of hydrogen-bond donors (Lipinski definition) is 2. The number of rotatable bonds is 3. The maximum atomic E-state index is 12.4. The summed E-state index contributed by atoms with van der Waals surface area (Å²) in [4.78, 5) is 27.4. The maximum Gasteiger partial charge on any atom is 0.272 e. The molecule has 0 spiro atoms. The highest BCUT2D eigenvalue weighted by Gasteiger charge is 2.27. The Kier molecular flexibility index (Phi) is 3.02. The first kappa shape index (κ1) is 12.6. The number of carbonyl (C=O) groups excluding carboxylic acids is 1. The van der Waals surface area contributed by atoms with Crippen molar-refractivity contribution in [3.05, 3.63) is 26.6 Å². The standard InChI is InChI=1S/C12H13N3O2S2/c1-6(10(16)13-7-2-3-7)15-11(17)9-8(4-5-19-9)14-12(15)18/h4-7H,2-3H2,1H3,(H,13,16)(H,14,18). The van der Waals surface area contributed by atoms with Crippen LogP contribution in [0.2, 0.25) is 0 Å². The molecule has 0 radical (unpaired) electrons. The highest BCUT2D eigenvalue weighted by atomic mass is 32.1. The van der Waals surface area contributed by atoms with Crippen LogP contribution in [0.15, 0.2) is 16.2 Å². The van der Waals surface area contributed by atoms with E-state index in [-0.39, 0.29) is 22.3 Å². The molecule has 1 unspecified atom stereocenters. The van der Waals surface area contributed by atoms with E-state index in [0.717, 1.165) is 18.4 Å². The molecule has 0 aromatic carbocycles. The highest BCUT2D eigenvalue weighted by molar-refractivity contribution is 7.71. The molecule has 2 N–H and O–H groups in total. The molecule has 0 saturated heterocycles. The molecule has 1 aliphatic rings. The summed E-state index contributed by atoms with van der Waals surface area (Å²) in [6.45, 7) is 1.70. The van der Waals surface area contributed by atoms with Gasteiger partial charge in [-0.1, -0.05) is 0 Å². The van der Waals surface area contributed by atoms with Crippen LogP contribution in [0.25, 0.3) is 10.2 Å². The third-order valence-corrected chi connectivity index (χ3v) is 4.43. The lowest BCUT2D eigenvalue weighted by atomic mass is 10.3. The zero-order chi connectivity index (χ0) is 13.6. The van der Waals surface area contributed by atoms with Crippen molar-refractivity contribution in [2.75, 3.05) is 0 Å². The second-order valence-electron chi connectivity index (χ2n) is 4.73. The molecule has 1 aliphatic carbocycles. The number of aromatic nitrogens is 2. The predicted octanol–water partition coefficient (Wildman–Crippen LogP) is 1.96. The van der Waals surface area contributed by atoms with Crippen molar-refractivity contribution in [1.82, 2.24) is 14.9 Å². The smallest absolute Gasteiger partial charge is 0.272 e. The van der Waals surface area contributed by atoms with Gasteiger partial charge in [0.2, 0.25) is 5.91 Å². The molecule has 0 aliphatic heterocycles. The molecule has 19 heavy (non-hydrogen) atoms. The lowest BCUT2D eigenvalue weighted by molar-refractivity contribution is -0.124. The largest absolute Gasteiger partial charge is 0.352 e. The van der Waals surface area contributed by atoms with Crippen LogP contribution in [0.4, 0.5) is 0 Å². The van der Waals surface area contributed by atoms with Crippen molar-refractivity contribution in [2.45, 2.75) is 31.8 Å². The average molecular weight is 295 g/mol. The van der Waals surface area contributed by atoms with Crippen LogP contribution in [0.1, 0.15) is 25.8 Å². The van der Waals surface area contributed by atoms with Gasteiger partial charge in [0.05, 0.1) is 5.52 Å². The van der Waals surface area contributed by atoms with Crippen LogP contribution in [-0.4, -0.2) is 21.5 Å². The van der Waals surface area contributed by atoms with Gasteiger partial charge in [-0.25, -0.2) is 0 Å². The average Bonchev–Trinajstić information content (AvgIpc) is 3.04. The summed E-state index contributed by atoms with van der Waals surface area (Å²) in [7, 11) is 0. The van der Waals surface area contributed by atoms with Crippen LogP contribution >= 0.6 is 23.6 Å². The number of carbonyl (C=O) groups is 1. The van der Waals surface area contributed by atoms with Crippen LogP contribution in [0.3, 0.4) is 0 Å². The van der Waals surface area contributed by atoms with Gasteiger partial charge >= 0.3 is 0 Å². The topological polar surface area (TPSA) is 66.9 Å². The van der Waals surface area contributed by atoms with Crippen LogP contribution in [-0.2, 0) is 4.79 Å². The predicted molar refractivity (Wildman–Crippen MR) is 77.1 cm³/mol. The van der Waals surface area contributed by atoms with Gasteiger partial charge in [-0.3, -0.25) is 14.2 Å². The van der Waals surface area contributed by atoms with Gasteiger partial charge in [0.1, 0.15) is 10.7 Å². The maximum absolute atomic E-state index is 12.4. The summed E-state index contributed by atoms with van der Waals surface area (Å²) in [6.07, 6.45) is 2.04. The van der Waals surface area contributed by atoms with E-state index in [1.807, 2.05) is 11.4 Å². The van der Waals surface area contributed by atoms with Gasteiger partial charge in [0.25, 0.3) is 5.56 Å². The molecule has 1 amide bonds. The van der Waals surface area contributed by atoms with Crippen molar-refractivity contribution >= 4 is 39.7 Å². The van der Waals surface area contributed by atoms with E-state index in [1.54, 1.807) is 6.92 Å². The van der Waals surface area contributed by atoms with Crippen LogP contribution in [0, 0.1) is 4.77 Å². The summed E-state index contributed by atoms with van der Waals surface area (Å²) in [5.41, 5.74) is 0.526. The second kappa shape index (κ2) is 4.57. The molecule has 0 bridgehead atoms. The normalized spacial score (nSPS) is 16.5. The third kappa shape index (κ3) is 2.23. The molecule has 1 atom stereocenters. The molecule has 100 valence electrons. The fourth-order valence-electron chi connectivity index (χ4n) is 1.97. The number of hydrogen-bond acceptors (Lipinski definition) is 4. The van der Waals surface area contributed by atoms with Crippen LogP contribution in [0.5, 0.6) is 0 Å². The highest BCUT2D eigenvalue weighted by Crippen LogP contribution is 2.20. The fraction of sp³-hybridized carbons (Fsp3) is 0.417. The first-order valence-corrected chi connectivity index (χ1v) is 7.39. The van der Waals surface area contributed by atoms with E-state index in [1.165, 1.54) is 15.9 Å². The number of nitrogens with one attached hydrogen (secondary N) is 2. The van der Waals surface area contributed by atoms with Crippen LogP contribution < -0.4 is 10.9 Å². The molecular weight excluding hydrogens is 282 g/mol. The Morgan fingerprint density at radius 3 is 3.05 bits per heavy atom. The summed E-state index contributed by atoms with van der Waals surface area (Å²) in [5, 5.41) is 4.72. The Morgan fingerprint density at radius 2 is 2.37 bits per heavy atom. The van der Waals surface area contributed by atoms with Gasteiger partial charge in [-0.2, -0.15) is 0 Å². The molecule has 2 heterocycles. The zero-order valence-corrected chi connectivity index (χ0v) is 11.9. The van der Waals surface area contributed by atoms with Gasteiger partial charge in [-0.15, -0.1) is 11.3 Å². The number of amides is 1. The Morgan fingerprint density at radius 1 is 1.63 bits per heavy atom. The number of H-pyrrole nitrogens is 1. The second-order valence-corrected chi connectivity index (χ2v) is 6.03. The fourth-order valence-corrected chi connectivity index (χ4v) is 3.11. The summed E-state index contributed by atoms with van der Waals surface area (Å²) < 4.78 is 2.24. The van der Waals surface area contributed by atoms with Crippen molar-refractivity contribution in [3.8, 4) is 0 Å². The van der Waals surface area contributed by atoms with Crippen molar-refractivity contribution in [1.29, 1.82) is 0 Å². The van der Waals surface area contributed by atoms with Gasteiger partial charge in [0.15, 0.2) is 4.77 Å². The minimum atomic E-state index is -0.594. The van der Waals surface area contributed by atoms with Crippen molar-refractivity contribution in [3.63, 3.8) is 0 Å². The SMILES string of the molecule is CC(C(=O)NC1CC1)n1c(=S)[nH]c2ccsc2c1=O. The van der Waals surface area contributed by atoms with Crippen molar-refractivity contribution in [2.24, 2.45) is 0 Å². The zero-order valence-electron chi connectivity index (χ0n) is 10.3. The van der Waals surface area contributed by atoms with E-state index in [0.29, 0.717) is 4.70 Å². The van der Waals surface area contributed by atoms with Gasteiger partial charge in [-0.05, 0) is 43.4 Å². The Labute approximate surface area is 118 Å². The lowest BCUT2D eigenvalue weighted by Gasteiger charge is -2.15. The molecule has 2 aromatic rings. The lowest BCUT2D eigenvalue weighted by Crippen LogP contribution is -2.37. The monoisotopic (exact) mass is 295 g/mol. The third-order valence-electron chi connectivity index (χ3n) is 3.23. The van der Waals surface area contributed by atoms with E-state index in [2.05, 4.69) is 10.3 Å². The minimum absolute atomic E-state index is 0.153. The van der Waals surface area contributed by atoms with E-state index in [9.17, 15) is 9.59 Å². The van der Waals surface area contributed by atoms with Crippen molar-refractivity contribution < 1.29 is 4.79 Å². The number of aromatic amines is 1. The Balaban J connectivity index is 2.05. The van der Waals surface area contributed by atoms with Gasteiger partial charge in [0, 0.05) is 6.04 Å². The molecule has 2 aromatic heterocycles. The number of nitrogens with zero attached hydrogens (tertiary/aromatic N) is 1. The minimum Gasteiger partial charge on any atom is -0.352 e. The van der Waals surface area contributed by atoms with E-state index in [4.69, 9.17) is 12.2 Å². The first-order chi connectivity index (χ1) is 9.08. The quantitative estimate of drug-likeness (QED) is 0.851. The molecule has 1 saturated carbocycles. The summed E-state index contributed by atoms with van der Waals surface area (Å²) in [6, 6.07) is 1.49. The molecular formula is C12H13N3O2S2. The molecule has 1 fully saturated rings. The molecule has 3 rings (SSSR count). The van der Waals surface area contributed by atoms with E-state index >= 15 is 0 Å². The number of thiophene rings is 1. The van der Waals surface area contributed by atoms with Gasteiger partial charge < -0.3 is 10.3 Å². The first-order valence-electron chi connectivity index (χ1n) is 6.10.